The molecule has 1 aliphatic rings. The minimum Gasteiger partial charge on any atom is -0.444 e. The van der Waals surface area contributed by atoms with Crippen LogP contribution in [-0.2, 0) is 9.53 Å². The number of likely N-dealkylation sites (tertiary alicyclic amines) is 1. The Morgan fingerprint density at radius 1 is 1.03 bits per heavy atom. The van der Waals surface area contributed by atoms with E-state index in [1.165, 1.54) is 0 Å². The van der Waals surface area contributed by atoms with E-state index in [1.807, 2.05) is 42.5 Å². The summed E-state index contributed by atoms with van der Waals surface area (Å²) in [4.78, 5) is 38.5. The number of nitrogens with zero attached hydrogens (tertiary/aromatic N) is 1. The van der Waals surface area contributed by atoms with Crippen molar-refractivity contribution >= 4 is 28.7 Å². The summed E-state index contributed by atoms with van der Waals surface area (Å²) in [6, 6.07) is 13.5. The number of piperidine rings is 1. The molecule has 2 aromatic rings. The van der Waals surface area contributed by atoms with E-state index in [4.69, 9.17) is 4.74 Å². The minimum absolute atomic E-state index is 0.0133. The second-order valence-corrected chi connectivity index (χ2v) is 8.51. The molecule has 160 valence electrons. The van der Waals surface area contributed by atoms with Crippen LogP contribution in [0.15, 0.2) is 42.5 Å². The first-order chi connectivity index (χ1) is 14.2. The normalized spacial score (nSPS) is 15.0. The number of rotatable bonds is 4. The van der Waals surface area contributed by atoms with E-state index in [1.54, 1.807) is 25.7 Å². The Hall–Kier alpha value is -3.09. The van der Waals surface area contributed by atoms with E-state index in [0.717, 1.165) is 10.8 Å². The number of carbonyl (C=O) groups is 3. The van der Waals surface area contributed by atoms with Crippen LogP contribution in [0.4, 0.5) is 4.79 Å². The number of nitrogens with one attached hydrogen (secondary N) is 2. The van der Waals surface area contributed by atoms with E-state index < -0.39 is 11.7 Å². The van der Waals surface area contributed by atoms with Crippen molar-refractivity contribution in [3.8, 4) is 0 Å². The van der Waals surface area contributed by atoms with E-state index in [0.29, 0.717) is 31.5 Å². The fraction of sp³-hybridized carbons (Fsp3) is 0.435. The summed E-state index contributed by atoms with van der Waals surface area (Å²) in [5, 5.41) is 7.55. The van der Waals surface area contributed by atoms with Gasteiger partial charge >= 0.3 is 6.09 Å². The SMILES string of the molecule is CC(C)(C)OC(=O)NCC(=O)N1CCC(NC(=O)c2cccc3ccccc23)CC1. The van der Waals surface area contributed by atoms with Crippen LogP contribution in [-0.4, -0.2) is 54.1 Å². The van der Waals surface area contributed by atoms with Crippen LogP contribution in [0.3, 0.4) is 0 Å². The Bertz CT molecular complexity index is 922. The van der Waals surface area contributed by atoms with Gasteiger partial charge in [-0.1, -0.05) is 36.4 Å². The molecule has 7 heteroatoms. The molecule has 0 atom stereocenters. The molecule has 0 saturated carbocycles. The highest BCUT2D eigenvalue weighted by molar-refractivity contribution is 6.07. The number of amides is 3. The van der Waals surface area contributed by atoms with Gasteiger partial charge in [0.1, 0.15) is 12.1 Å². The Balaban J connectivity index is 1.48. The van der Waals surface area contributed by atoms with Crippen LogP contribution in [0, 0.1) is 0 Å². The maximum absolute atomic E-state index is 12.8. The van der Waals surface area contributed by atoms with E-state index >= 15 is 0 Å². The van der Waals surface area contributed by atoms with E-state index in [-0.39, 0.29) is 24.4 Å². The van der Waals surface area contributed by atoms with Crippen LogP contribution in [0.25, 0.3) is 10.8 Å². The van der Waals surface area contributed by atoms with Gasteiger partial charge in [0, 0.05) is 24.7 Å². The maximum atomic E-state index is 12.8. The summed E-state index contributed by atoms with van der Waals surface area (Å²) in [7, 11) is 0. The lowest BCUT2D eigenvalue weighted by atomic mass is 10.0. The summed E-state index contributed by atoms with van der Waals surface area (Å²) in [5.41, 5.74) is 0.0569. The van der Waals surface area contributed by atoms with Gasteiger partial charge in [-0.25, -0.2) is 4.79 Å². The summed E-state index contributed by atoms with van der Waals surface area (Å²) in [5.74, 6) is -0.247. The topological polar surface area (TPSA) is 87.7 Å². The quantitative estimate of drug-likeness (QED) is 0.809. The summed E-state index contributed by atoms with van der Waals surface area (Å²) < 4.78 is 5.14. The van der Waals surface area contributed by atoms with Gasteiger partial charge in [0.15, 0.2) is 0 Å². The van der Waals surface area contributed by atoms with Gasteiger partial charge in [-0.15, -0.1) is 0 Å². The van der Waals surface area contributed by atoms with Crippen molar-refractivity contribution in [3.63, 3.8) is 0 Å². The molecule has 1 heterocycles. The zero-order chi connectivity index (χ0) is 21.7. The second kappa shape index (κ2) is 9.15. The maximum Gasteiger partial charge on any atom is 0.408 e. The standard InChI is InChI=1S/C23H29N3O4/c1-23(2,3)30-22(29)24-15-20(27)26-13-11-17(12-14-26)25-21(28)19-10-6-8-16-7-4-5-9-18(16)19/h4-10,17H,11-15H2,1-3H3,(H,24,29)(H,25,28). The van der Waals surface area contributed by atoms with Crippen LogP contribution in [0.1, 0.15) is 44.0 Å². The number of carbonyl (C=O) groups excluding carboxylic acids is 3. The smallest absolute Gasteiger partial charge is 0.408 e. The lowest BCUT2D eigenvalue weighted by Crippen LogP contribution is -2.49. The van der Waals surface area contributed by atoms with Gasteiger partial charge in [0.25, 0.3) is 5.91 Å². The van der Waals surface area contributed by atoms with Gasteiger partial charge in [-0.05, 0) is 50.5 Å². The molecule has 0 aromatic heterocycles. The van der Waals surface area contributed by atoms with Crippen molar-refractivity contribution in [2.75, 3.05) is 19.6 Å². The van der Waals surface area contributed by atoms with Gasteiger partial charge < -0.3 is 20.3 Å². The average molecular weight is 412 g/mol. The number of ether oxygens (including phenoxy) is 1. The lowest BCUT2D eigenvalue weighted by Gasteiger charge is -2.32. The molecule has 1 aliphatic heterocycles. The Kier molecular flexibility index (Phi) is 6.59. The number of hydrogen-bond donors (Lipinski definition) is 2. The fourth-order valence-corrected chi connectivity index (χ4v) is 3.53. The third kappa shape index (κ3) is 5.72. The van der Waals surface area contributed by atoms with Crippen LogP contribution < -0.4 is 10.6 Å². The van der Waals surface area contributed by atoms with Crippen molar-refractivity contribution in [2.24, 2.45) is 0 Å². The highest BCUT2D eigenvalue weighted by Gasteiger charge is 2.25. The molecule has 0 aliphatic carbocycles. The van der Waals surface area contributed by atoms with Crippen molar-refractivity contribution in [3.05, 3.63) is 48.0 Å². The second-order valence-electron chi connectivity index (χ2n) is 8.51. The van der Waals surface area contributed by atoms with Crippen molar-refractivity contribution in [1.29, 1.82) is 0 Å². The van der Waals surface area contributed by atoms with Crippen molar-refractivity contribution < 1.29 is 19.1 Å². The molecule has 7 nitrogen and oxygen atoms in total. The van der Waals surface area contributed by atoms with Crippen LogP contribution in [0.2, 0.25) is 0 Å². The molecular weight excluding hydrogens is 382 g/mol. The molecule has 0 unspecified atom stereocenters. The predicted octanol–water partition coefficient (Wildman–Crippen LogP) is 3.09. The molecule has 0 bridgehead atoms. The number of fused-ring (bicyclic) bond motifs is 1. The molecule has 0 radical (unpaired) electrons. The summed E-state index contributed by atoms with van der Waals surface area (Å²) in [6.07, 6.45) is 0.747. The van der Waals surface area contributed by atoms with E-state index in [2.05, 4.69) is 10.6 Å². The average Bonchev–Trinajstić information content (AvgIpc) is 2.71. The summed E-state index contributed by atoms with van der Waals surface area (Å²) >= 11 is 0. The van der Waals surface area contributed by atoms with Gasteiger partial charge in [-0.2, -0.15) is 0 Å². The third-order valence-corrected chi connectivity index (χ3v) is 5.00. The molecule has 2 N–H and O–H groups in total. The zero-order valence-corrected chi connectivity index (χ0v) is 17.7. The predicted molar refractivity (Wildman–Crippen MR) is 115 cm³/mol. The van der Waals surface area contributed by atoms with Crippen molar-refractivity contribution in [2.45, 2.75) is 45.3 Å². The number of alkyl carbamates (subject to hydrolysis) is 1. The zero-order valence-electron chi connectivity index (χ0n) is 17.7. The largest absolute Gasteiger partial charge is 0.444 e. The first kappa shape index (κ1) is 21.6. The summed E-state index contributed by atoms with van der Waals surface area (Å²) in [6.45, 7) is 6.29. The highest BCUT2D eigenvalue weighted by atomic mass is 16.6. The van der Waals surface area contributed by atoms with Gasteiger partial charge in [0.05, 0.1) is 0 Å². The number of hydrogen-bond acceptors (Lipinski definition) is 4. The molecule has 3 amide bonds. The minimum atomic E-state index is -0.604. The van der Waals surface area contributed by atoms with E-state index in [9.17, 15) is 14.4 Å². The molecule has 1 saturated heterocycles. The van der Waals surface area contributed by atoms with Crippen LogP contribution in [0.5, 0.6) is 0 Å². The molecule has 30 heavy (non-hydrogen) atoms. The molecule has 1 fully saturated rings. The lowest BCUT2D eigenvalue weighted by molar-refractivity contribution is -0.131. The van der Waals surface area contributed by atoms with Crippen molar-refractivity contribution in [1.82, 2.24) is 15.5 Å². The molecular formula is C23H29N3O4. The highest BCUT2D eigenvalue weighted by Crippen LogP contribution is 2.19. The molecule has 0 spiro atoms. The fourth-order valence-electron chi connectivity index (χ4n) is 3.53. The number of benzene rings is 2. The Labute approximate surface area is 176 Å². The Morgan fingerprint density at radius 2 is 1.70 bits per heavy atom. The third-order valence-electron chi connectivity index (χ3n) is 5.00. The van der Waals surface area contributed by atoms with Gasteiger partial charge in [-0.3, -0.25) is 9.59 Å². The molecule has 3 rings (SSSR count). The monoisotopic (exact) mass is 411 g/mol. The first-order valence-corrected chi connectivity index (χ1v) is 10.3. The van der Waals surface area contributed by atoms with Gasteiger partial charge in [0.2, 0.25) is 5.91 Å². The van der Waals surface area contributed by atoms with Crippen LogP contribution >= 0.6 is 0 Å². The first-order valence-electron chi connectivity index (χ1n) is 10.3. The molecule has 2 aromatic carbocycles. The Morgan fingerprint density at radius 3 is 2.40 bits per heavy atom.